The van der Waals surface area contributed by atoms with Crippen LogP contribution in [-0.4, -0.2) is 6.18 Å². The van der Waals surface area contributed by atoms with Crippen molar-refractivity contribution in [3.05, 3.63) is 21.9 Å². The molecule has 1 aromatic rings. The molecule has 16 heavy (non-hydrogen) atoms. The molecule has 1 aromatic heterocycles. The first-order valence-electron chi connectivity index (χ1n) is 5.33. The quantitative estimate of drug-likeness (QED) is 0.839. The Labute approximate surface area is 97.5 Å². The molecule has 1 rings (SSSR count). The number of alkyl halides is 3. The Bertz CT molecular complexity index is 319. The minimum absolute atomic E-state index is 0.101. The number of halogens is 3. The van der Waals surface area contributed by atoms with E-state index in [0.717, 1.165) is 11.3 Å². The van der Waals surface area contributed by atoms with Crippen LogP contribution in [0.25, 0.3) is 0 Å². The first kappa shape index (κ1) is 13.5. The first-order chi connectivity index (χ1) is 7.42. The molecule has 2 N–H and O–H groups in total. The molecule has 5 heteroatoms. The van der Waals surface area contributed by atoms with Gasteiger partial charge in [0.2, 0.25) is 0 Å². The largest absolute Gasteiger partial charge is 0.389 e. The van der Waals surface area contributed by atoms with Gasteiger partial charge < -0.3 is 5.73 Å². The minimum Gasteiger partial charge on any atom is -0.323 e. The second-order valence-electron chi connectivity index (χ2n) is 3.77. The summed E-state index contributed by atoms with van der Waals surface area (Å²) in [4.78, 5) is 2.21. The number of nitrogens with two attached hydrogens (primary N) is 1. The summed E-state index contributed by atoms with van der Waals surface area (Å²) < 4.78 is 35.8. The van der Waals surface area contributed by atoms with Crippen molar-refractivity contribution in [3.63, 3.8) is 0 Å². The van der Waals surface area contributed by atoms with Crippen molar-refractivity contribution in [2.75, 3.05) is 0 Å². The Kier molecular flexibility index (Phi) is 4.80. The highest BCUT2D eigenvalue weighted by molar-refractivity contribution is 7.12. The number of hydrogen-bond acceptors (Lipinski definition) is 2. The summed E-state index contributed by atoms with van der Waals surface area (Å²) in [5.41, 5.74) is 5.84. The lowest BCUT2D eigenvalue weighted by molar-refractivity contribution is -0.135. The monoisotopic (exact) mass is 251 g/mol. The molecule has 0 aromatic carbocycles. The second-order valence-corrected chi connectivity index (χ2v) is 4.97. The lowest BCUT2D eigenvalue weighted by Gasteiger charge is -2.10. The lowest BCUT2D eigenvalue weighted by Crippen LogP contribution is -2.12. The highest BCUT2D eigenvalue weighted by atomic mass is 32.1. The summed E-state index contributed by atoms with van der Waals surface area (Å²) in [5.74, 6) is 0. The highest BCUT2D eigenvalue weighted by Gasteiger charge is 2.26. The molecule has 0 aliphatic rings. The van der Waals surface area contributed by atoms with Crippen molar-refractivity contribution < 1.29 is 13.2 Å². The summed E-state index contributed by atoms with van der Waals surface area (Å²) in [6, 6.07) is 3.65. The zero-order valence-corrected chi connectivity index (χ0v) is 10.00. The van der Waals surface area contributed by atoms with Crippen molar-refractivity contribution in [1.82, 2.24) is 0 Å². The van der Waals surface area contributed by atoms with Gasteiger partial charge in [0.15, 0.2) is 0 Å². The van der Waals surface area contributed by atoms with Gasteiger partial charge in [-0.3, -0.25) is 0 Å². The Morgan fingerprint density at radius 2 is 2.06 bits per heavy atom. The van der Waals surface area contributed by atoms with Gasteiger partial charge in [-0.15, -0.1) is 11.3 Å². The number of hydrogen-bond donors (Lipinski definition) is 1. The van der Waals surface area contributed by atoms with E-state index in [1.54, 1.807) is 11.3 Å². The molecule has 0 amide bonds. The molecule has 0 aliphatic carbocycles. The Morgan fingerprint density at radius 1 is 1.38 bits per heavy atom. The highest BCUT2D eigenvalue weighted by Crippen LogP contribution is 2.28. The van der Waals surface area contributed by atoms with Gasteiger partial charge in [-0.2, -0.15) is 13.2 Å². The zero-order chi connectivity index (χ0) is 12.2. The summed E-state index contributed by atoms with van der Waals surface area (Å²) in [7, 11) is 0. The molecule has 0 fully saturated rings. The standard InChI is InChI=1S/C11H16F3NS/c1-2-8-5-6-10(16-8)9(15)4-3-7-11(12,13)14/h5-6,9H,2-4,7,15H2,1H3. The van der Waals surface area contributed by atoms with Crippen LogP contribution in [0.1, 0.15) is 42.0 Å². The third-order valence-electron chi connectivity index (χ3n) is 2.37. The maximum Gasteiger partial charge on any atom is 0.389 e. The maximum absolute atomic E-state index is 11.9. The third-order valence-corrected chi connectivity index (χ3v) is 3.73. The van der Waals surface area contributed by atoms with Crippen molar-refractivity contribution in [3.8, 4) is 0 Å². The van der Waals surface area contributed by atoms with E-state index in [-0.39, 0.29) is 12.5 Å². The normalized spacial score (nSPS) is 14.1. The van der Waals surface area contributed by atoms with E-state index in [4.69, 9.17) is 5.73 Å². The predicted molar refractivity (Wildman–Crippen MR) is 60.5 cm³/mol. The first-order valence-corrected chi connectivity index (χ1v) is 6.15. The smallest absolute Gasteiger partial charge is 0.323 e. The van der Waals surface area contributed by atoms with Crippen LogP contribution < -0.4 is 5.73 Å². The molecule has 0 bridgehead atoms. The van der Waals surface area contributed by atoms with Crippen molar-refractivity contribution in [1.29, 1.82) is 0 Å². The van der Waals surface area contributed by atoms with E-state index in [9.17, 15) is 13.2 Å². The molecule has 0 spiro atoms. The van der Waals surface area contributed by atoms with Crippen LogP contribution in [0, 0.1) is 0 Å². The van der Waals surface area contributed by atoms with Crippen LogP contribution >= 0.6 is 11.3 Å². The van der Waals surface area contributed by atoms with Gasteiger partial charge in [0.05, 0.1) is 0 Å². The van der Waals surface area contributed by atoms with E-state index in [1.165, 1.54) is 4.88 Å². The Balaban J connectivity index is 2.37. The topological polar surface area (TPSA) is 26.0 Å². The minimum atomic E-state index is -4.07. The van der Waals surface area contributed by atoms with E-state index in [1.807, 2.05) is 19.1 Å². The van der Waals surface area contributed by atoms with E-state index in [2.05, 4.69) is 0 Å². The van der Waals surface area contributed by atoms with E-state index < -0.39 is 12.6 Å². The van der Waals surface area contributed by atoms with Crippen LogP contribution in [-0.2, 0) is 6.42 Å². The summed E-state index contributed by atoms with van der Waals surface area (Å²) in [6.07, 6.45) is -3.37. The van der Waals surface area contributed by atoms with Crippen molar-refractivity contribution in [2.45, 2.75) is 44.8 Å². The van der Waals surface area contributed by atoms with Crippen LogP contribution in [0.2, 0.25) is 0 Å². The van der Waals surface area contributed by atoms with Crippen LogP contribution in [0.3, 0.4) is 0 Å². The van der Waals surface area contributed by atoms with E-state index in [0.29, 0.717) is 6.42 Å². The van der Waals surface area contributed by atoms with Crippen molar-refractivity contribution >= 4 is 11.3 Å². The second kappa shape index (κ2) is 5.68. The fraction of sp³-hybridized carbons (Fsp3) is 0.636. The van der Waals surface area contributed by atoms with Gasteiger partial charge in [0, 0.05) is 22.2 Å². The van der Waals surface area contributed by atoms with Crippen LogP contribution in [0.15, 0.2) is 12.1 Å². The molecular weight excluding hydrogens is 235 g/mol. The fourth-order valence-electron chi connectivity index (χ4n) is 1.45. The van der Waals surface area contributed by atoms with Gasteiger partial charge in [0.25, 0.3) is 0 Å². The van der Waals surface area contributed by atoms with Gasteiger partial charge in [-0.1, -0.05) is 6.92 Å². The van der Waals surface area contributed by atoms with E-state index >= 15 is 0 Å². The molecule has 92 valence electrons. The summed E-state index contributed by atoms with van der Waals surface area (Å²) in [6.45, 7) is 2.05. The van der Waals surface area contributed by atoms with Crippen molar-refractivity contribution in [2.24, 2.45) is 5.73 Å². The molecule has 0 saturated heterocycles. The maximum atomic E-state index is 11.9. The average Bonchev–Trinajstić information content (AvgIpc) is 2.63. The Hall–Kier alpha value is -0.550. The summed E-state index contributed by atoms with van der Waals surface area (Å²) in [5, 5.41) is 0. The van der Waals surface area contributed by atoms with Gasteiger partial charge >= 0.3 is 6.18 Å². The molecule has 1 nitrogen and oxygen atoms in total. The molecule has 0 aliphatic heterocycles. The average molecular weight is 251 g/mol. The number of rotatable bonds is 5. The zero-order valence-electron chi connectivity index (χ0n) is 9.18. The summed E-state index contributed by atoms with van der Waals surface area (Å²) >= 11 is 1.59. The molecule has 1 unspecified atom stereocenters. The Morgan fingerprint density at radius 3 is 2.56 bits per heavy atom. The van der Waals surface area contributed by atoms with Gasteiger partial charge in [0.1, 0.15) is 0 Å². The predicted octanol–water partition coefficient (Wildman–Crippen LogP) is 4.04. The van der Waals surface area contributed by atoms with Gasteiger partial charge in [-0.25, -0.2) is 0 Å². The molecule has 1 heterocycles. The third kappa shape index (κ3) is 4.53. The van der Waals surface area contributed by atoms with Crippen LogP contribution in [0.5, 0.6) is 0 Å². The van der Waals surface area contributed by atoms with Crippen LogP contribution in [0.4, 0.5) is 13.2 Å². The van der Waals surface area contributed by atoms with Gasteiger partial charge in [-0.05, 0) is 31.4 Å². The lowest BCUT2D eigenvalue weighted by atomic mass is 10.1. The fourth-order valence-corrected chi connectivity index (χ4v) is 2.44. The number of thiophene rings is 1. The molecule has 1 atom stereocenters. The SMILES string of the molecule is CCc1ccc(C(N)CCCC(F)(F)F)s1. The molecule has 0 radical (unpaired) electrons. The molecule has 0 saturated carbocycles. The molecular formula is C11H16F3NS. The number of aryl methyl sites for hydroxylation is 1.